The predicted octanol–water partition coefficient (Wildman–Crippen LogP) is 4.05. The quantitative estimate of drug-likeness (QED) is 0.568. The number of carbonyl (C=O) groups excluding carboxylic acids is 1. The minimum absolute atomic E-state index is 0.0886. The number of thiophene rings is 2. The topological polar surface area (TPSA) is 75.7 Å². The molecule has 0 aliphatic carbocycles. The van der Waals surface area contributed by atoms with Crippen molar-refractivity contribution in [2.24, 2.45) is 0 Å². The molecule has 2 aliphatic rings. The zero-order valence-electron chi connectivity index (χ0n) is 17.4. The van der Waals surface area contributed by atoms with Crippen LogP contribution in [0.4, 0.5) is 0 Å². The summed E-state index contributed by atoms with van der Waals surface area (Å²) in [4.78, 5) is 18.0. The van der Waals surface area contributed by atoms with Crippen LogP contribution >= 0.6 is 22.7 Å². The number of benzene rings is 1. The van der Waals surface area contributed by atoms with Gasteiger partial charge in [0.2, 0.25) is 10.0 Å². The zero-order chi connectivity index (χ0) is 22.1. The molecule has 9 heteroatoms. The van der Waals surface area contributed by atoms with Gasteiger partial charge in [-0.25, -0.2) is 13.1 Å². The van der Waals surface area contributed by atoms with Gasteiger partial charge in [0.1, 0.15) is 0 Å². The van der Waals surface area contributed by atoms with Gasteiger partial charge in [-0.05, 0) is 65.9 Å². The molecule has 2 atom stereocenters. The van der Waals surface area contributed by atoms with Crippen molar-refractivity contribution in [3.8, 4) is 0 Å². The summed E-state index contributed by atoms with van der Waals surface area (Å²) in [6.07, 6.45) is 2.52. The Morgan fingerprint density at radius 2 is 2.06 bits per heavy atom. The summed E-state index contributed by atoms with van der Waals surface area (Å²) in [6.45, 7) is 1.51. The number of rotatable bonds is 6. The van der Waals surface area contributed by atoms with E-state index in [0.717, 1.165) is 24.1 Å². The van der Waals surface area contributed by atoms with Crippen molar-refractivity contribution in [3.05, 3.63) is 74.1 Å². The molecule has 168 valence electrons. The summed E-state index contributed by atoms with van der Waals surface area (Å²) >= 11 is 3.36. The molecule has 1 saturated heterocycles. The minimum Gasteiger partial charge on any atom is -0.377 e. The fourth-order valence-corrected chi connectivity index (χ4v) is 7.21. The number of sulfonamides is 1. The van der Waals surface area contributed by atoms with E-state index in [9.17, 15) is 13.2 Å². The Balaban J connectivity index is 1.41. The van der Waals surface area contributed by atoms with Crippen LogP contribution in [0.3, 0.4) is 0 Å². The van der Waals surface area contributed by atoms with Crippen LogP contribution in [-0.2, 0) is 21.2 Å². The summed E-state index contributed by atoms with van der Waals surface area (Å²) in [7, 11) is -3.73. The van der Waals surface area contributed by atoms with Crippen molar-refractivity contribution in [3.63, 3.8) is 0 Å². The smallest absolute Gasteiger partial charge is 0.254 e. The lowest BCUT2D eigenvalue weighted by atomic mass is 9.97. The van der Waals surface area contributed by atoms with Crippen molar-refractivity contribution in [1.29, 1.82) is 0 Å². The van der Waals surface area contributed by atoms with Crippen molar-refractivity contribution < 1.29 is 17.9 Å². The van der Waals surface area contributed by atoms with Crippen LogP contribution < -0.4 is 4.72 Å². The second kappa shape index (κ2) is 9.07. The maximum atomic E-state index is 13.6. The summed E-state index contributed by atoms with van der Waals surface area (Å²) in [6, 6.07) is 12.3. The highest BCUT2D eigenvalue weighted by molar-refractivity contribution is 7.89. The summed E-state index contributed by atoms with van der Waals surface area (Å²) in [5.74, 6) is -0.156. The van der Waals surface area contributed by atoms with E-state index in [0.29, 0.717) is 18.7 Å². The predicted molar refractivity (Wildman–Crippen MR) is 126 cm³/mol. The molecule has 1 amide bonds. The first-order valence-corrected chi connectivity index (χ1v) is 13.9. The lowest BCUT2D eigenvalue weighted by Gasteiger charge is -2.35. The lowest BCUT2D eigenvalue weighted by Crippen LogP contribution is -2.40. The third-order valence-electron chi connectivity index (χ3n) is 5.96. The molecule has 2 aromatic heterocycles. The van der Waals surface area contributed by atoms with Gasteiger partial charge in [0.15, 0.2) is 0 Å². The largest absolute Gasteiger partial charge is 0.377 e. The minimum atomic E-state index is -3.73. The number of ether oxygens (including phenoxy) is 1. The first kappa shape index (κ1) is 21.8. The molecule has 5 rings (SSSR count). The van der Waals surface area contributed by atoms with E-state index in [1.54, 1.807) is 34.8 Å². The number of nitrogens with one attached hydrogen (secondary N) is 1. The van der Waals surface area contributed by atoms with Gasteiger partial charge in [0.25, 0.3) is 5.91 Å². The van der Waals surface area contributed by atoms with E-state index >= 15 is 0 Å². The Bertz CT molecular complexity index is 1200. The monoisotopic (exact) mass is 488 g/mol. The number of hydrogen-bond donors (Lipinski definition) is 1. The second-order valence-corrected chi connectivity index (χ2v) is 11.7. The van der Waals surface area contributed by atoms with Gasteiger partial charge in [0, 0.05) is 35.0 Å². The lowest BCUT2D eigenvalue weighted by molar-refractivity contribution is 0.0698. The number of nitrogens with zero attached hydrogens (tertiary/aromatic N) is 1. The highest BCUT2D eigenvalue weighted by atomic mass is 32.2. The van der Waals surface area contributed by atoms with E-state index in [-0.39, 0.29) is 29.5 Å². The maximum absolute atomic E-state index is 13.6. The van der Waals surface area contributed by atoms with Gasteiger partial charge in [-0.3, -0.25) is 4.79 Å². The number of carbonyl (C=O) groups is 1. The molecule has 0 bridgehead atoms. The first-order chi connectivity index (χ1) is 15.5. The fraction of sp³-hybridized carbons (Fsp3) is 0.348. The summed E-state index contributed by atoms with van der Waals surface area (Å²) < 4.78 is 33.8. The van der Waals surface area contributed by atoms with Crippen LogP contribution in [0.5, 0.6) is 0 Å². The molecule has 2 aliphatic heterocycles. The molecule has 0 unspecified atom stereocenters. The van der Waals surface area contributed by atoms with E-state index in [2.05, 4.69) is 22.2 Å². The molecule has 1 aromatic carbocycles. The molecule has 6 nitrogen and oxygen atoms in total. The van der Waals surface area contributed by atoms with Gasteiger partial charge in [-0.1, -0.05) is 12.1 Å². The Morgan fingerprint density at radius 3 is 2.84 bits per heavy atom. The molecular weight excluding hydrogens is 464 g/mol. The average Bonchev–Trinajstić information content (AvgIpc) is 3.59. The van der Waals surface area contributed by atoms with E-state index in [4.69, 9.17) is 4.74 Å². The van der Waals surface area contributed by atoms with Crippen LogP contribution in [0.2, 0.25) is 0 Å². The molecule has 3 aromatic rings. The fourth-order valence-electron chi connectivity index (χ4n) is 4.34. The normalized spacial score (nSPS) is 20.9. The Labute approximate surface area is 195 Å². The standard InChI is InChI=1S/C23H24N2O4S3/c26-23(25-10-8-20-19(9-13-31-20)22(25)21-7-3-12-30-21)16-4-1-6-18(14-16)32(27,28)24-15-17-5-2-11-29-17/h1,3-4,6-7,9,12-14,17,22,24H,2,5,8,10-11,15H2/t17-,22+/m0/s1. The van der Waals surface area contributed by atoms with Gasteiger partial charge in [0.05, 0.1) is 17.0 Å². The Hall–Kier alpha value is -2.04. The van der Waals surface area contributed by atoms with Gasteiger partial charge in [-0.2, -0.15) is 0 Å². The number of amides is 1. The zero-order valence-corrected chi connectivity index (χ0v) is 19.8. The van der Waals surface area contributed by atoms with Crippen molar-refractivity contribution in [1.82, 2.24) is 9.62 Å². The molecule has 1 N–H and O–H groups in total. The average molecular weight is 489 g/mol. The highest BCUT2D eigenvalue weighted by Crippen LogP contribution is 2.40. The Morgan fingerprint density at radius 1 is 1.16 bits per heavy atom. The second-order valence-electron chi connectivity index (χ2n) is 7.98. The molecule has 1 fully saturated rings. The van der Waals surface area contributed by atoms with Gasteiger partial charge < -0.3 is 9.64 Å². The van der Waals surface area contributed by atoms with Gasteiger partial charge in [-0.15, -0.1) is 22.7 Å². The molecule has 4 heterocycles. The van der Waals surface area contributed by atoms with Crippen LogP contribution in [-0.4, -0.2) is 45.0 Å². The molecular formula is C23H24N2O4S3. The van der Waals surface area contributed by atoms with E-state index in [1.165, 1.54) is 22.6 Å². The highest BCUT2D eigenvalue weighted by Gasteiger charge is 2.34. The van der Waals surface area contributed by atoms with Crippen LogP contribution in [0.25, 0.3) is 0 Å². The van der Waals surface area contributed by atoms with Crippen molar-refractivity contribution in [2.75, 3.05) is 19.7 Å². The summed E-state index contributed by atoms with van der Waals surface area (Å²) in [5, 5.41) is 4.09. The van der Waals surface area contributed by atoms with Crippen LogP contribution in [0, 0.1) is 0 Å². The molecule has 0 radical (unpaired) electrons. The van der Waals surface area contributed by atoms with E-state index in [1.807, 2.05) is 16.3 Å². The molecule has 0 spiro atoms. The SMILES string of the molecule is O=C(c1cccc(S(=O)(=O)NC[C@@H]2CCCO2)c1)N1CCc2sccc2[C@@H]1c1cccs1. The molecule has 0 saturated carbocycles. The number of fused-ring (bicyclic) bond motifs is 1. The summed E-state index contributed by atoms with van der Waals surface area (Å²) in [5.41, 5.74) is 1.55. The van der Waals surface area contributed by atoms with Crippen LogP contribution in [0.15, 0.2) is 58.1 Å². The van der Waals surface area contributed by atoms with Crippen molar-refractivity contribution in [2.45, 2.75) is 36.3 Å². The van der Waals surface area contributed by atoms with Gasteiger partial charge >= 0.3 is 0 Å². The first-order valence-electron chi connectivity index (χ1n) is 10.6. The van der Waals surface area contributed by atoms with Crippen molar-refractivity contribution >= 4 is 38.6 Å². The molecule has 32 heavy (non-hydrogen) atoms. The maximum Gasteiger partial charge on any atom is 0.254 e. The van der Waals surface area contributed by atoms with E-state index < -0.39 is 10.0 Å². The third kappa shape index (κ3) is 4.27. The Kier molecular flexibility index (Phi) is 6.18. The number of hydrogen-bond acceptors (Lipinski definition) is 6. The third-order valence-corrected chi connectivity index (χ3v) is 9.30. The van der Waals surface area contributed by atoms with Crippen LogP contribution in [0.1, 0.15) is 44.6 Å².